The molecule has 0 radical (unpaired) electrons. The number of hydrogen-bond acceptors (Lipinski definition) is 3. The zero-order valence-corrected chi connectivity index (χ0v) is 16.3. The van der Waals surface area contributed by atoms with Crippen LogP contribution in [0.3, 0.4) is 0 Å². The number of nitrogens with one attached hydrogen (secondary N) is 2. The first kappa shape index (κ1) is 18.6. The fraction of sp³-hybridized carbons (Fsp3) is 0.125. The van der Waals surface area contributed by atoms with Crippen LogP contribution in [0.1, 0.15) is 38.9 Å². The average molecular weight is 386 g/mol. The van der Waals surface area contributed by atoms with Crippen molar-refractivity contribution in [2.24, 2.45) is 0 Å². The van der Waals surface area contributed by atoms with E-state index in [1.54, 1.807) is 38.5 Å². The van der Waals surface area contributed by atoms with Gasteiger partial charge in [-0.1, -0.05) is 12.1 Å². The Morgan fingerprint density at radius 3 is 2.03 bits per heavy atom. The summed E-state index contributed by atoms with van der Waals surface area (Å²) in [6.45, 7) is 0. The minimum atomic E-state index is -0.0566. The van der Waals surface area contributed by atoms with Crippen molar-refractivity contribution in [2.45, 2.75) is 5.92 Å². The molecule has 2 aromatic carbocycles. The molecule has 4 aromatic rings. The molecule has 0 fully saturated rings. The maximum absolute atomic E-state index is 12.9. The molecule has 1 unspecified atom stereocenters. The average Bonchev–Trinajstić information content (AvgIpc) is 3.47. The molecule has 2 N–H and O–H groups in total. The Labute approximate surface area is 169 Å². The van der Waals surface area contributed by atoms with Crippen LogP contribution in [0, 0.1) is 0 Å². The highest BCUT2D eigenvalue weighted by Crippen LogP contribution is 2.31. The summed E-state index contributed by atoms with van der Waals surface area (Å²) < 4.78 is 10.4. The summed E-state index contributed by atoms with van der Waals surface area (Å²) in [4.78, 5) is 19.5. The van der Waals surface area contributed by atoms with Gasteiger partial charge < -0.3 is 19.4 Å². The van der Waals surface area contributed by atoms with Crippen LogP contribution in [0.15, 0.2) is 79.0 Å². The van der Waals surface area contributed by atoms with Crippen LogP contribution in [-0.4, -0.2) is 30.0 Å². The smallest absolute Gasteiger partial charge is 0.209 e. The molecule has 5 heteroatoms. The predicted molar refractivity (Wildman–Crippen MR) is 112 cm³/mol. The molecular weight excluding hydrogens is 364 g/mol. The Kier molecular flexibility index (Phi) is 5.20. The Hall–Kier alpha value is -3.73. The molecule has 1 atom stereocenters. The number of carbonyl (C=O) groups is 1. The number of carbonyl (C=O) groups excluding carboxylic acids is 1. The van der Waals surface area contributed by atoms with Gasteiger partial charge in [-0.2, -0.15) is 0 Å². The number of H-pyrrole nitrogens is 2. The standard InChI is InChI=1S/C24H22N2O3/c1-28-18-9-5-16(6-10-18)23(20-4-3-15-25-20)21-13-14-22(26-21)24(27)17-7-11-19(29-2)12-8-17/h3-15,23,25-26H,1-2H3. The van der Waals surface area contributed by atoms with Crippen molar-refractivity contribution >= 4 is 5.78 Å². The van der Waals surface area contributed by atoms with Gasteiger partial charge in [-0.3, -0.25) is 4.79 Å². The predicted octanol–water partition coefficient (Wildman–Crippen LogP) is 4.77. The maximum atomic E-state index is 12.9. The molecule has 4 rings (SSSR count). The fourth-order valence-corrected chi connectivity index (χ4v) is 3.46. The third-order valence-electron chi connectivity index (χ3n) is 5.00. The zero-order chi connectivity index (χ0) is 20.2. The third kappa shape index (κ3) is 3.80. The maximum Gasteiger partial charge on any atom is 0.209 e. The first-order valence-corrected chi connectivity index (χ1v) is 9.34. The summed E-state index contributed by atoms with van der Waals surface area (Å²) in [5.74, 6) is 1.42. The molecular formula is C24H22N2O3. The van der Waals surface area contributed by atoms with Gasteiger partial charge in [0, 0.05) is 23.1 Å². The van der Waals surface area contributed by atoms with Crippen molar-refractivity contribution in [2.75, 3.05) is 14.2 Å². The van der Waals surface area contributed by atoms with Gasteiger partial charge in [-0.05, 0) is 66.2 Å². The van der Waals surface area contributed by atoms with Gasteiger partial charge >= 0.3 is 0 Å². The van der Waals surface area contributed by atoms with Gasteiger partial charge in [-0.15, -0.1) is 0 Å². The first-order chi connectivity index (χ1) is 14.2. The summed E-state index contributed by atoms with van der Waals surface area (Å²) in [5.41, 5.74) is 4.24. The second kappa shape index (κ2) is 8.10. The van der Waals surface area contributed by atoms with Crippen molar-refractivity contribution in [1.82, 2.24) is 9.97 Å². The molecule has 29 heavy (non-hydrogen) atoms. The minimum Gasteiger partial charge on any atom is -0.497 e. The molecule has 0 amide bonds. The minimum absolute atomic E-state index is 0.0478. The highest BCUT2D eigenvalue weighted by atomic mass is 16.5. The Bertz CT molecular complexity index is 1080. The number of rotatable bonds is 7. The van der Waals surface area contributed by atoms with Crippen LogP contribution in [0.2, 0.25) is 0 Å². The molecule has 2 aromatic heterocycles. The highest BCUT2D eigenvalue weighted by molar-refractivity contribution is 6.07. The van der Waals surface area contributed by atoms with Crippen molar-refractivity contribution in [3.05, 3.63) is 107 Å². The van der Waals surface area contributed by atoms with Crippen LogP contribution in [0.5, 0.6) is 11.5 Å². The lowest BCUT2D eigenvalue weighted by Gasteiger charge is -2.16. The van der Waals surface area contributed by atoms with Crippen molar-refractivity contribution in [3.63, 3.8) is 0 Å². The second-order valence-electron chi connectivity index (χ2n) is 6.72. The van der Waals surface area contributed by atoms with Gasteiger partial charge in [0.05, 0.1) is 25.8 Å². The summed E-state index contributed by atoms with van der Waals surface area (Å²) in [6.07, 6.45) is 1.90. The van der Waals surface area contributed by atoms with Crippen molar-refractivity contribution < 1.29 is 14.3 Å². The van der Waals surface area contributed by atoms with E-state index in [2.05, 4.69) is 9.97 Å². The quantitative estimate of drug-likeness (QED) is 0.450. The van der Waals surface area contributed by atoms with E-state index in [4.69, 9.17) is 9.47 Å². The molecule has 0 aliphatic heterocycles. The summed E-state index contributed by atoms with van der Waals surface area (Å²) in [5, 5.41) is 0. The summed E-state index contributed by atoms with van der Waals surface area (Å²) >= 11 is 0. The monoisotopic (exact) mass is 386 g/mol. The molecule has 146 valence electrons. The van der Waals surface area contributed by atoms with E-state index in [0.717, 1.165) is 28.5 Å². The molecule has 0 bridgehead atoms. The van der Waals surface area contributed by atoms with Crippen molar-refractivity contribution in [1.29, 1.82) is 0 Å². The lowest BCUT2D eigenvalue weighted by atomic mass is 9.92. The highest BCUT2D eigenvalue weighted by Gasteiger charge is 2.21. The fourth-order valence-electron chi connectivity index (χ4n) is 3.46. The number of hydrogen-bond donors (Lipinski definition) is 2. The zero-order valence-electron chi connectivity index (χ0n) is 16.3. The van der Waals surface area contributed by atoms with E-state index in [-0.39, 0.29) is 11.7 Å². The number of ether oxygens (including phenoxy) is 2. The van der Waals surface area contributed by atoms with Gasteiger partial charge in [0.15, 0.2) is 0 Å². The first-order valence-electron chi connectivity index (χ1n) is 9.34. The lowest BCUT2D eigenvalue weighted by Crippen LogP contribution is -2.06. The topological polar surface area (TPSA) is 67.1 Å². The Balaban J connectivity index is 1.67. The van der Waals surface area contributed by atoms with Crippen molar-refractivity contribution in [3.8, 4) is 11.5 Å². The van der Waals surface area contributed by atoms with Crippen LogP contribution >= 0.6 is 0 Å². The van der Waals surface area contributed by atoms with Gasteiger partial charge in [0.2, 0.25) is 5.78 Å². The molecule has 0 saturated heterocycles. The number of methoxy groups -OCH3 is 2. The summed E-state index contributed by atoms with van der Waals surface area (Å²) in [6, 6.07) is 22.9. The van der Waals surface area contributed by atoms with E-state index < -0.39 is 0 Å². The Morgan fingerprint density at radius 2 is 1.45 bits per heavy atom. The van der Waals surface area contributed by atoms with E-state index in [1.807, 2.05) is 54.7 Å². The number of benzene rings is 2. The number of aromatic amines is 2. The van der Waals surface area contributed by atoms with E-state index in [9.17, 15) is 4.79 Å². The molecule has 5 nitrogen and oxygen atoms in total. The molecule has 2 heterocycles. The van der Waals surface area contributed by atoms with Gasteiger partial charge in [-0.25, -0.2) is 0 Å². The van der Waals surface area contributed by atoms with E-state index in [1.165, 1.54) is 0 Å². The molecule has 0 saturated carbocycles. The second-order valence-corrected chi connectivity index (χ2v) is 6.72. The van der Waals surface area contributed by atoms with Crippen LogP contribution in [-0.2, 0) is 0 Å². The molecule has 0 aliphatic carbocycles. The SMILES string of the molecule is COc1ccc(C(=O)c2ccc(C(c3ccc(OC)cc3)c3ccc[nH]3)[nH]2)cc1. The Morgan fingerprint density at radius 1 is 0.793 bits per heavy atom. The summed E-state index contributed by atoms with van der Waals surface area (Å²) in [7, 11) is 3.26. The van der Waals surface area contributed by atoms with Crippen LogP contribution in [0.4, 0.5) is 0 Å². The third-order valence-corrected chi connectivity index (χ3v) is 5.00. The van der Waals surface area contributed by atoms with Crippen LogP contribution < -0.4 is 9.47 Å². The number of ketones is 1. The van der Waals surface area contributed by atoms with E-state index >= 15 is 0 Å². The van der Waals surface area contributed by atoms with Gasteiger partial charge in [0.25, 0.3) is 0 Å². The molecule has 0 spiro atoms. The van der Waals surface area contributed by atoms with Crippen LogP contribution in [0.25, 0.3) is 0 Å². The normalized spacial score (nSPS) is 11.8. The number of aromatic nitrogens is 2. The largest absolute Gasteiger partial charge is 0.497 e. The van der Waals surface area contributed by atoms with E-state index in [0.29, 0.717) is 11.3 Å². The molecule has 0 aliphatic rings. The van der Waals surface area contributed by atoms with Gasteiger partial charge in [0.1, 0.15) is 11.5 Å². The lowest BCUT2D eigenvalue weighted by molar-refractivity contribution is 0.103.